The smallest absolute Gasteiger partial charge is 0.275 e. The van der Waals surface area contributed by atoms with Gasteiger partial charge in [-0.1, -0.05) is 25.5 Å². The van der Waals surface area contributed by atoms with Crippen molar-refractivity contribution in [3.63, 3.8) is 0 Å². The number of nitrogens with one attached hydrogen (secondary N) is 2. The van der Waals surface area contributed by atoms with Crippen LogP contribution in [-0.4, -0.2) is 22.9 Å². The average Bonchev–Trinajstić information content (AvgIpc) is 2.54. The molecule has 0 radical (unpaired) electrons. The van der Waals surface area contributed by atoms with Crippen molar-refractivity contribution in [3.05, 3.63) is 47.9 Å². The number of carbonyl (C=O) groups is 1. The first-order chi connectivity index (χ1) is 10.2. The van der Waals surface area contributed by atoms with E-state index in [1.54, 1.807) is 13.2 Å². The van der Waals surface area contributed by atoms with Crippen molar-refractivity contribution in [2.45, 2.75) is 26.2 Å². The summed E-state index contributed by atoms with van der Waals surface area (Å²) >= 11 is 0. The van der Waals surface area contributed by atoms with E-state index < -0.39 is 0 Å². The van der Waals surface area contributed by atoms with Gasteiger partial charge in [0.1, 0.15) is 11.5 Å². The van der Waals surface area contributed by atoms with Gasteiger partial charge in [0.2, 0.25) is 0 Å². The lowest BCUT2D eigenvalue weighted by Gasteiger charge is -2.07. The molecule has 2 aromatic rings. The van der Waals surface area contributed by atoms with Crippen LogP contribution in [0.15, 0.2) is 36.7 Å². The number of rotatable bonds is 6. The highest BCUT2D eigenvalue weighted by Crippen LogP contribution is 2.13. The number of aryl methyl sites for hydroxylation is 1. The first-order valence-corrected chi connectivity index (χ1v) is 7.13. The number of amides is 1. The Bertz CT molecular complexity index is 595. The summed E-state index contributed by atoms with van der Waals surface area (Å²) in [7, 11) is 1.74. The topological polar surface area (TPSA) is 66.9 Å². The zero-order chi connectivity index (χ0) is 15.1. The minimum atomic E-state index is -0.263. The van der Waals surface area contributed by atoms with Gasteiger partial charge in [0.15, 0.2) is 0 Å². The predicted molar refractivity (Wildman–Crippen MR) is 84.6 cm³/mol. The molecule has 0 bridgehead atoms. The van der Waals surface area contributed by atoms with Crippen molar-refractivity contribution in [1.29, 1.82) is 0 Å². The van der Waals surface area contributed by atoms with Crippen LogP contribution in [0.25, 0.3) is 0 Å². The number of anilines is 2. The van der Waals surface area contributed by atoms with Crippen LogP contribution < -0.4 is 10.6 Å². The molecule has 0 aliphatic carbocycles. The van der Waals surface area contributed by atoms with Crippen molar-refractivity contribution in [2.75, 3.05) is 17.7 Å². The summed E-state index contributed by atoms with van der Waals surface area (Å²) < 4.78 is 0. The van der Waals surface area contributed by atoms with E-state index in [-0.39, 0.29) is 11.6 Å². The van der Waals surface area contributed by atoms with Crippen LogP contribution >= 0.6 is 0 Å². The number of hydrogen-bond donors (Lipinski definition) is 2. The van der Waals surface area contributed by atoms with Gasteiger partial charge >= 0.3 is 0 Å². The lowest BCUT2D eigenvalue weighted by Crippen LogP contribution is -2.14. The molecule has 0 fully saturated rings. The predicted octanol–water partition coefficient (Wildman–Crippen LogP) is 3.11. The van der Waals surface area contributed by atoms with E-state index in [4.69, 9.17) is 0 Å². The Hall–Kier alpha value is -2.43. The summed E-state index contributed by atoms with van der Waals surface area (Å²) in [6, 6.07) is 7.92. The lowest BCUT2D eigenvalue weighted by molar-refractivity contribution is 0.102. The van der Waals surface area contributed by atoms with Gasteiger partial charge in [-0.15, -0.1) is 0 Å². The zero-order valence-electron chi connectivity index (χ0n) is 12.4. The Labute approximate surface area is 124 Å². The molecule has 110 valence electrons. The first kappa shape index (κ1) is 15.0. The van der Waals surface area contributed by atoms with E-state index in [1.807, 2.05) is 24.3 Å². The summed E-state index contributed by atoms with van der Waals surface area (Å²) in [6.45, 7) is 2.18. The standard InChI is InChI=1S/C16H20N4O/c1-3-4-5-12-6-8-13(9-7-12)19-16(21)14-10-18-11-15(17-2)20-14/h6-11H,3-5H2,1-2H3,(H,17,20)(H,19,21). The molecule has 1 aromatic heterocycles. The quantitative estimate of drug-likeness (QED) is 0.855. The van der Waals surface area contributed by atoms with Gasteiger partial charge in [-0.25, -0.2) is 4.98 Å². The molecule has 1 heterocycles. The number of hydrogen-bond acceptors (Lipinski definition) is 4. The largest absolute Gasteiger partial charge is 0.372 e. The molecule has 1 aromatic carbocycles. The van der Waals surface area contributed by atoms with Crippen LogP contribution in [0.4, 0.5) is 11.5 Å². The highest BCUT2D eigenvalue weighted by Gasteiger charge is 2.09. The summed E-state index contributed by atoms with van der Waals surface area (Å²) in [6.07, 6.45) is 6.45. The number of unbranched alkanes of at least 4 members (excludes halogenated alkanes) is 1. The molecular weight excluding hydrogens is 264 g/mol. The molecule has 5 nitrogen and oxygen atoms in total. The molecule has 1 amide bonds. The molecule has 0 saturated carbocycles. The molecular formula is C16H20N4O. The minimum absolute atomic E-state index is 0.263. The highest BCUT2D eigenvalue weighted by atomic mass is 16.1. The number of benzene rings is 1. The third kappa shape index (κ3) is 4.27. The Morgan fingerprint density at radius 1 is 1.19 bits per heavy atom. The monoisotopic (exact) mass is 284 g/mol. The fraction of sp³-hybridized carbons (Fsp3) is 0.312. The highest BCUT2D eigenvalue weighted by molar-refractivity contribution is 6.02. The zero-order valence-corrected chi connectivity index (χ0v) is 12.4. The van der Waals surface area contributed by atoms with E-state index in [0.29, 0.717) is 5.82 Å². The van der Waals surface area contributed by atoms with E-state index >= 15 is 0 Å². The fourth-order valence-corrected chi connectivity index (χ4v) is 1.93. The van der Waals surface area contributed by atoms with Crippen LogP contribution in [0.2, 0.25) is 0 Å². The summed E-state index contributed by atoms with van der Waals surface area (Å²) in [4.78, 5) is 20.2. The van der Waals surface area contributed by atoms with Crippen LogP contribution in [0.3, 0.4) is 0 Å². The van der Waals surface area contributed by atoms with Crippen molar-refractivity contribution in [2.24, 2.45) is 0 Å². The summed E-state index contributed by atoms with van der Waals surface area (Å²) in [5.41, 5.74) is 2.33. The Morgan fingerprint density at radius 2 is 1.95 bits per heavy atom. The van der Waals surface area contributed by atoms with Crippen LogP contribution in [0.5, 0.6) is 0 Å². The third-order valence-corrected chi connectivity index (χ3v) is 3.15. The molecule has 0 aliphatic rings. The molecule has 0 unspecified atom stereocenters. The number of carbonyl (C=O) groups excluding carboxylic acids is 1. The van der Waals surface area contributed by atoms with E-state index in [0.717, 1.165) is 12.1 Å². The average molecular weight is 284 g/mol. The summed E-state index contributed by atoms with van der Waals surface area (Å²) in [5, 5.41) is 5.68. The van der Waals surface area contributed by atoms with E-state index in [2.05, 4.69) is 27.5 Å². The van der Waals surface area contributed by atoms with Gasteiger partial charge in [-0.3, -0.25) is 9.78 Å². The lowest BCUT2D eigenvalue weighted by atomic mass is 10.1. The first-order valence-electron chi connectivity index (χ1n) is 7.13. The number of nitrogens with zero attached hydrogens (tertiary/aromatic N) is 2. The third-order valence-electron chi connectivity index (χ3n) is 3.15. The minimum Gasteiger partial charge on any atom is -0.372 e. The van der Waals surface area contributed by atoms with E-state index in [9.17, 15) is 4.79 Å². The van der Waals surface area contributed by atoms with Gasteiger partial charge in [-0.05, 0) is 30.5 Å². The maximum Gasteiger partial charge on any atom is 0.275 e. The van der Waals surface area contributed by atoms with Crippen LogP contribution in [-0.2, 0) is 6.42 Å². The van der Waals surface area contributed by atoms with Gasteiger partial charge < -0.3 is 10.6 Å². The van der Waals surface area contributed by atoms with Crippen molar-refractivity contribution < 1.29 is 4.79 Å². The van der Waals surface area contributed by atoms with Gasteiger partial charge in [-0.2, -0.15) is 0 Å². The van der Waals surface area contributed by atoms with Crippen molar-refractivity contribution >= 4 is 17.4 Å². The Kier molecular flexibility index (Phi) is 5.26. The molecule has 2 rings (SSSR count). The molecule has 2 N–H and O–H groups in total. The van der Waals surface area contributed by atoms with Gasteiger partial charge in [0.25, 0.3) is 5.91 Å². The Morgan fingerprint density at radius 3 is 2.62 bits per heavy atom. The maximum absolute atomic E-state index is 12.1. The molecule has 0 saturated heterocycles. The van der Waals surface area contributed by atoms with Crippen molar-refractivity contribution in [3.8, 4) is 0 Å². The summed E-state index contributed by atoms with van der Waals surface area (Å²) in [5.74, 6) is 0.304. The number of aromatic nitrogens is 2. The van der Waals surface area contributed by atoms with Crippen LogP contribution in [0, 0.1) is 0 Å². The molecule has 0 aliphatic heterocycles. The van der Waals surface area contributed by atoms with E-state index in [1.165, 1.54) is 24.6 Å². The molecule has 5 heteroatoms. The van der Waals surface area contributed by atoms with Crippen LogP contribution in [0.1, 0.15) is 35.8 Å². The molecule has 0 spiro atoms. The second-order valence-electron chi connectivity index (χ2n) is 4.79. The SMILES string of the molecule is CCCCc1ccc(NC(=O)c2cncc(NC)n2)cc1. The molecule has 0 atom stereocenters. The van der Waals surface area contributed by atoms with Crippen molar-refractivity contribution in [1.82, 2.24) is 9.97 Å². The maximum atomic E-state index is 12.1. The van der Waals surface area contributed by atoms with Gasteiger partial charge in [0.05, 0.1) is 12.4 Å². The normalized spacial score (nSPS) is 10.2. The van der Waals surface area contributed by atoms with Gasteiger partial charge in [0, 0.05) is 12.7 Å². The second kappa shape index (κ2) is 7.38. The molecule has 21 heavy (non-hydrogen) atoms. The fourth-order valence-electron chi connectivity index (χ4n) is 1.93. The second-order valence-corrected chi connectivity index (χ2v) is 4.79. The Balaban J connectivity index is 2.01.